The molecule has 0 aromatic heterocycles. The van der Waals surface area contributed by atoms with Crippen molar-refractivity contribution in [1.82, 2.24) is 10.2 Å². The lowest BCUT2D eigenvalue weighted by Gasteiger charge is -2.36. The van der Waals surface area contributed by atoms with Crippen molar-refractivity contribution in [3.8, 4) is 5.75 Å². The number of nitrogens with zero attached hydrogens (tertiary/aromatic N) is 1. The zero-order chi connectivity index (χ0) is 15.2. The minimum Gasteiger partial charge on any atom is -0.435 e. The number of likely N-dealkylation sites (tertiary alicyclic amines) is 1. The molecule has 1 saturated heterocycles. The molecule has 0 aliphatic carbocycles. The van der Waals surface area contributed by atoms with Crippen molar-refractivity contribution in [3.05, 3.63) is 29.8 Å². The quantitative estimate of drug-likeness (QED) is 0.872. The summed E-state index contributed by atoms with van der Waals surface area (Å²) in [4.78, 5) is 2.41. The molecular weight excluding hydrogens is 274 g/mol. The van der Waals surface area contributed by atoms with Gasteiger partial charge in [0.15, 0.2) is 0 Å². The summed E-state index contributed by atoms with van der Waals surface area (Å²) >= 11 is 0. The first kappa shape index (κ1) is 16.2. The summed E-state index contributed by atoms with van der Waals surface area (Å²) in [5.74, 6) is 0.978. The minimum absolute atomic E-state index is 0.224. The van der Waals surface area contributed by atoms with Crippen LogP contribution in [0.1, 0.15) is 31.4 Å². The molecule has 0 spiro atoms. The van der Waals surface area contributed by atoms with Crippen LogP contribution in [-0.2, 0) is 0 Å². The molecule has 1 N–H and O–H groups in total. The van der Waals surface area contributed by atoms with Crippen molar-refractivity contribution >= 4 is 0 Å². The molecule has 1 fully saturated rings. The smallest absolute Gasteiger partial charge is 0.387 e. The van der Waals surface area contributed by atoms with Crippen LogP contribution in [0.25, 0.3) is 0 Å². The second kappa shape index (κ2) is 7.71. The van der Waals surface area contributed by atoms with Crippen molar-refractivity contribution in [2.24, 2.45) is 5.92 Å². The molecule has 5 heteroatoms. The number of benzene rings is 1. The maximum atomic E-state index is 12.3. The second-order valence-electron chi connectivity index (χ2n) is 5.66. The Morgan fingerprint density at radius 1 is 1.33 bits per heavy atom. The molecule has 1 heterocycles. The zero-order valence-corrected chi connectivity index (χ0v) is 12.7. The van der Waals surface area contributed by atoms with Gasteiger partial charge < -0.3 is 10.1 Å². The van der Waals surface area contributed by atoms with E-state index in [1.165, 1.54) is 12.8 Å². The van der Waals surface area contributed by atoms with Gasteiger partial charge in [-0.2, -0.15) is 8.78 Å². The number of piperidine rings is 1. The molecule has 1 aromatic rings. The van der Waals surface area contributed by atoms with Gasteiger partial charge in [0.1, 0.15) is 5.75 Å². The largest absolute Gasteiger partial charge is 0.435 e. The fraction of sp³-hybridized carbons (Fsp3) is 0.625. The van der Waals surface area contributed by atoms with Gasteiger partial charge in [0.05, 0.1) is 0 Å². The Kier molecular flexibility index (Phi) is 5.94. The van der Waals surface area contributed by atoms with Crippen LogP contribution in [0.15, 0.2) is 24.3 Å². The van der Waals surface area contributed by atoms with Gasteiger partial charge in [-0.3, -0.25) is 4.90 Å². The third-order valence-corrected chi connectivity index (χ3v) is 4.26. The third-order valence-electron chi connectivity index (χ3n) is 4.26. The number of hydrogen-bond donors (Lipinski definition) is 1. The van der Waals surface area contributed by atoms with E-state index in [9.17, 15) is 8.78 Å². The number of ether oxygens (including phenoxy) is 1. The fourth-order valence-corrected chi connectivity index (χ4v) is 2.99. The molecule has 1 aliphatic heterocycles. The Bertz CT molecular complexity index is 434. The average Bonchev–Trinajstić information content (AvgIpc) is 2.47. The molecule has 0 saturated carbocycles. The fourth-order valence-electron chi connectivity index (χ4n) is 2.99. The Morgan fingerprint density at radius 3 is 2.67 bits per heavy atom. The van der Waals surface area contributed by atoms with E-state index in [0.717, 1.165) is 31.1 Å². The standard InChI is InChI=1S/C16H24F2N2O/c1-12(20-8-6-13(7-9-20)11-19-2)14-4-3-5-15(10-14)21-16(17)18/h3-5,10,12-13,16,19H,6-9,11H2,1-2H3. The van der Waals surface area contributed by atoms with E-state index in [0.29, 0.717) is 0 Å². The van der Waals surface area contributed by atoms with E-state index in [1.807, 2.05) is 13.1 Å². The van der Waals surface area contributed by atoms with Gasteiger partial charge in [0, 0.05) is 6.04 Å². The number of nitrogens with one attached hydrogen (secondary N) is 1. The van der Waals surface area contributed by atoms with Crippen LogP contribution in [0, 0.1) is 5.92 Å². The Hall–Kier alpha value is -1.20. The maximum absolute atomic E-state index is 12.3. The summed E-state index contributed by atoms with van der Waals surface area (Å²) in [6.45, 7) is 2.52. The van der Waals surface area contributed by atoms with E-state index in [2.05, 4.69) is 21.9 Å². The Morgan fingerprint density at radius 2 is 2.05 bits per heavy atom. The highest BCUT2D eigenvalue weighted by Crippen LogP contribution is 2.28. The maximum Gasteiger partial charge on any atom is 0.387 e. The first-order chi connectivity index (χ1) is 10.1. The van der Waals surface area contributed by atoms with Gasteiger partial charge in [-0.15, -0.1) is 0 Å². The SMILES string of the molecule is CNCC1CCN(C(C)c2cccc(OC(F)F)c2)CC1. The Labute approximate surface area is 125 Å². The second-order valence-corrected chi connectivity index (χ2v) is 5.66. The molecule has 0 radical (unpaired) electrons. The average molecular weight is 298 g/mol. The van der Waals surface area contributed by atoms with Crippen molar-refractivity contribution < 1.29 is 13.5 Å². The van der Waals surface area contributed by atoms with Gasteiger partial charge in [-0.05, 0) is 70.1 Å². The molecule has 118 valence electrons. The monoisotopic (exact) mass is 298 g/mol. The van der Waals surface area contributed by atoms with Gasteiger partial charge in [-0.25, -0.2) is 0 Å². The highest BCUT2D eigenvalue weighted by molar-refractivity contribution is 5.30. The van der Waals surface area contributed by atoms with E-state index < -0.39 is 6.61 Å². The first-order valence-electron chi connectivity index (χ1n) is 7.53. The molecule has 21 heavy (non-hydrogen) atoms. The lowest BCUT2D eigenvalue weighted by molar-refractivity contribution is -0.0499. The van der Waals surface area contributed by atoms with Gasteiger partial charge in [0.2, 0.25) is 0 Å². The van der Waals surface area contributed by atoms with Crippen molar-refractivity contribution in [2.45, 2.75) is 32.4 Å². The molecule has 3 nitrogen and oxygen atoms in total. The normalized spacial score (nSPS) is 18.9. The molecule has 1 aliphatic rings. The number of halogens is 2. The number of alkyl halides is 2. The lowest BCUT2D eigenvalue weighted by Crippen LogP contribution is -2.38. The molecule has 1 atom stereocenters. The zero-order valence-electron chi connectivity index (χ0n) is 12.7. The highest BCUT2D eigenvalue weighted by Gasteiger charge is 2.23. The Balaban J connectivity index is 1.95. The summed E-state index contributed by atoms with van der Waals surface area (Å²) < 4.78 is 29.1. The van der Waals surface area contributed by atoms with Crippen LogP contribution in [0.5, 0.6) is 5.75 Å². The molecule has 1 aromatic carbocycles. The summed E-state index contributed by atoms with van der Waals surface area (Å²) in [7, 11) is 1.99. The van der Waals surface area contributed by atoms with E-state index in [-0.39, 0.29) is 11.8 Å². The van der Waals surface area contributed by atoms with Gasteiger partial charge in [0.25, 0.3) is 0 Å². The van der Waals surface area contributed by atoms with E-state index in [1.54, 1.807) is 18.2 Å². The van der Waals surface area contributed by atoms with Crippen molar-refractivity contribution in [1.29, 1.82) is 0 Å². The summed E-state index contributed by atoms with van der Waals surface area (Å²) in [6.07, 6.45) is 2.36. The molecule has 0 amide bonds. The third kappa shape index (κ3) is 4.64. The van der Waals surface area contributed by atoms with Crippen LogP contribution in [0.3, 0.4) is 0 Å². The minimum atomic E-state index is -2.77. The summed E-state index contributed by atoms with van der Waals surface area (Å²) in [5.41, 5.74) is 1.03. The van der Waals surface area contributed by atoms with Crippen LogP contribution in [-0.4, -0.2) is 38.2 Å². The van der Waals surface area contributed by atoms with Gasteiger partial charge in [-0.1, -0.05) is 12.1 Å². The topological polar surface area (TPSA) is 24.5 Å². The van der Waals surface area contributed by atoms with Crippen LogP contribution in [0.2, 0.25) is 0 Å². The summed E-state index contributed by atoms with van der Waals surface area (Å²) in [6, 6.07) is 7.26. The predicted octanol–water partition coefficient (Wildman–Crippen LogP) is 3.28. The molecule has 1 unspecified atom stereocenters. The van der Waals surface area contributed by atoms with Crippen molar-refractivity contribution in [2.75, 3.05) is 26.7 Å². The van der Waals surface area contributed by atoms with E-state index >= 15 is 0 Å². The van der Waals surface area contributed by atoms with E-state index in [4.69, 9.17) is 0 Å². The highest BCUT2D eigenvalue weighted by atomic mass is 19.3. The lowest BCUT2D eigenvalue weighted by atomic mass is 9.94. The van der Waals surface area contributed by atoms with Gasteiger partial charge >= 0.3 is 6.61 Å². The van der Waals surface area contributed by atoms with Crippen LogP contribution < -0.4 is 10.1 Å². The number of hydrogen-bond acceptors (Lipinski definition) is 3. The number of rotatable bonds is 6. The molecule has 0 bridgehead atoms. The summed E-state index contributed by atoms with van der Waals surface area (Å²) in [5, 5.41) is 3.23. The van der Waals surface area contributed by atoms with Crippen LogP contribution in [0.4, 0.5) is 8.78 Å². The van der Waals surface area contributed by atoms with Crippen LogP contribution >= 0.6 is 0 Å². The predicted molar refractivity (Wildman–Crippen MR) is 79.7 cm³/mol. The first-order valence-corrected chi connectivity index (χ1v) is 7.53. The molecule has 2 rings (SSSR count). The molecular formula is C16H24F2N2O. The van der Waals surface area contributed by atoms with Crippen molar-refractivity contribution in [3.63, 3.8) is 0 Å².